The third-order valence-electron chi connectivity index (χ3n) is 5.33. The van der Waals surface area contributed by atoms with Gasteiger partial charge in [-0.2, -0.15) is 0 Å². The smallest absolute Gasteiger partial charge is 0.227 e. The topological polar surface area (TPSA) is 49.3 Å². The first-order valence-electron chi connectivity index (χ1n) is 9.33. The average molecular weight is 389 g/mol. The van der Waals surface area contributed by atoms with Crippen LogP contribution in [0.3, 0.4) is 0 Å². The molecule has 1 aromatic carbocycles. The van der Waals surface area contributed by atoms with Crippen LogP contribution in [-0.4, -0.2) is 46.7 Å². The first kappa shape index (κ1) is 18.2. The fraction of sp³-hybridized carbons (Fsp3) is 0.450. The summed E-state index contributed by atoms with van der Waals surface area (Å²) in [7, 11) is 0. The first-order valence-corrected chi connectivity index (χ1v) is 9.71. The van der Waals surface area contributed by atoms with Crippen molar-refractivity contribution in [3.8, 4) is 0 Å². The lowest BCUT2D eigenvalue weighted by Gasteiger charge is -2.40. The van der Waals surface area contributed by atoms with E-state index in [-0.39, 0.29) is 24.2 Å². The van der Waals surface area contributed by atoms with Crippen molar-refractivity contribution in [3.63, 3.8) is 0 Å². The Bertz CT molecular complexity index is 840. The van der Waals surface area contributed by atoms with Crippen LogP contribution in [0.15, 0.2) is 30.3 Å². The summed E-state index contributed by atoms with van der Waals surface area (Å²) in [5, 5.41) is 8.38. The molecule has 2 aromatic rings. The van der Waals surface area contributed by atoms with Gasteiger partial charge in [-0.3, -0.25) is 4.79 Å². The molecule has 5 nitrogen and oxygen atoms in total. The lowest BCUT2D eigenvalue weighted by molar-refractivity contribution is -0.131. The summed E-state index contributed by atoms with van der Waals surface area (Å²) in [6, 6.07) is 8.93. The van der Waals surface area contributed by atoms with Crippen LogP contribution in [0.4, 0.5) is 10.2 Å². The predicted octanol–water partition coefficient (Wildman–Crippen LogP) is 3.43. The van der Waals surface area contributed by atoms with Crippen molar-refractivity contribution in [2.75, 3.05) is 24.5 Å². The van der Waals surface area contributed by atoms with E-state index in [2.05, 4.69) is 22.0 Å². The molecule has 0 radical (unpaired) electrons. The Balaban J connectivity index is 1.37. The number of benzene rings is 1. The van der Waals surface area contributed by atoms with E-state index >= 15 is 0 Å². The quantitative estimate of drug-likeness (QED) is 0.805. The normalized spacial score (nSPS) is 20.0. The van der Waals surface area contributed by atoms with Crippen molar-refractivity contribution in [3.05, 3.63) is 52.4 Å². The van der Waals surface area contributed by atoms with Gasteiger partial charge in [0.05, 0.1) is 6.42 Å². The molecular weight excluding hydrogens is 367 g/mol. The zero-order valence-electron chi connectivity index (χ0n) is 15.2. The highest BCUT2D eigenvalue weighted by Gasteiger charge is 2.29. The highest BCUT2D eigenvalue weighted by atomic mass is 35.5. The highest BCUT2D eigenvalue weighted by molar-refractivity contribution is 6.29. The van der Waals surface area contributed by atoms with E-state index in [1.165, 1.54) is 6.07 Å². The fourth-order valence-electron chi connectivity index (χ4n) is 3.68. The van der Waals surface area contributed by atoms with Crippen molar-refractivity contribution < 1.29 is 9.18 Å². The fourth-order valence-corrected chi connectivity index (χ4v) is 3.78. The van der Waals surface area contributed by atoms with Crippen LogP contribution in [0.2, 0.25) is 5.15 Å². The number of carbonyl (C=O) groups is 1. The van der Waals surface area contributed by atoms with E-state index in [0.717, 1.165) is 29.8 Å². The molecule has 2 aliphatic rings. The van der Waals surface area contributed by atoms with E-state index in [0.29, 0.717) is 30.7 Å². The summed E-state index contributed by atoms with van der Waals surface area (Å²) in [6.45, 7) is 3.94. The number of rotatable bonds is 4. The molecule has 1 atom stereocenters. The molecule has 142 valence electrons. The van der Waals surface area contributed by atoms with E-state index in [9.17, 15) is 9.18 Å². The Kier molecular flexibility index (Phi) is 5.00. The van der Waals surface area contributed by atoms with Gasteiger partial charge in [-0.05, 0) is 55.0 Å². The Hall–Kier alpha value is -2.21. The molecule has 1 aromatic heterocycles. The molecule has 27 heavy (non-hydrogen) atoms. The summed E-state index contributed by atoms with van der Waals surface area (Å²) in [5.41, 5.74) is 1.53. The van der Waals surface area contributed by atoms with Gasteiger partial charge >= 0.3 is 0 Å². The minimum Gasteiger partial charge on any atom is -0.349 e. The summed E-state index contributed by atoms with van der Waals surface area (Å²) in [4.78, 5) is 16.6. The standard InChI is InChI=1S/C20H22ClFN4O/c1-13-12-25(8-9-26(13)19-7-6-18(21)23-24-19)20(27)11-14-2-5-16(15-3-4-15)17(22)10-14/h2,5-7,10,13,15H,3-4,8-9,11-12H2,1H3/t13-/m0/s1. The molecular formula is C20H22ClFN4O. The Morgan fingerprint density at radius 2 is 2.04 bits per heavy atom. The second kappa shape index (κ2) is 7.43. The van der Waals surface area contributed by atoms with Gasteiger partial charge in [-0.15, -0.1) is 10.2 Å². The second-order valence-electron chi connectivity index (χ2n) is 7.40. The molecule has 1 saturated heterocycles. The van der Waals surface area contributed by atoms with E-state index < -0.39 is 0 Å². The lowest BCUT2D eigenvalue weighted by atomic mass is 10.0. The summed E-state index contributed by atoms with van der Waals surface area (Å²) in [6.07, 6.45) is 2.36. The molecule has 1 aliphatic carbocycles. The van der Waals surface area contributed by atoms with E-state index in [1.807, 2.05) is 23.1 Å². The van der Waals surface area contributed by atoms with Gasteiger partial charge in [0.15, 0.2) is 11.0 Å². The number of amides is 1. The third kappa shape index (κ3) is 4.05. The van der Waals surface area contributed by atoms with Crippen LogP contribution < -0.4 is 4.90 Å². The summed E-state index contributed by atoms with van der Waals surface area (Å²) in [5.74, 6) is 0.987. The number of anilines is 1. The maximum absolute atomic E-state index is 14.2. The molecule has 1 saturated carbocycles. The van der Waals surface area contributed by atoms with Gasteiger partial charge in [0, 0.05) is 25.7 Å². The maximum atomic E-state index is 14.2. The number of nitrogens with zero attached hydrogens (tertiary/aromatic N) is 4. The predicted molar refractivity (Wildman–Crippen MR) is 103 cm³/mol. The van der Waals surface area contributed by atoms with Crippen molar-refractivity contribution in [2.24, 2.45) is 0 Å². The molecule has 7 heteroatoms. The zero-order chi connectivity index (χ0) is 19.0. The van der Waals surface area contributed by atoms with E-state index in [4.69, 9.17) is 11.6 Å². The van der Waals surface area contributed by atoms with Gasteiger partial charge < -0.3 is 9.80 Å². The number of aromatic nitrogens is 2. The molecule has 1 amide bonds. The van der Waals surface area contributed by atoms with Crippen LogP contribution in [0.5, 0.6) is 0 Å². The lowest BCUT2D eigenvalue weighted by Crippen LogP contribution is -2.54. The third-order valence-corrected chi connectivity index (χ3v) is 5.53. The minimum absolute atomic E-state index is 0.0299. The molecule has 0 spiro atoms. The number of hydrogen-bond acceptors (Lipinski definition) is 4. The van der Waals surface area contributed by atoms with Crippen molar-refractivity contribution in [2.45, 2.75) is 38.1 Å². The van der Waals surface area contributed by atoms with Gasteiger partial charge in [0.1, 0.15) is 5.82 Å². The Morgan fingerprint density at radius 1 is 1.22 bits per heavy atom. The highest BCUT2D eigenvalue weighted by Crippen LogP contribution is 2.41. The molecule has 4 rings (SSSR count). The van der Waals surface area contributed by atoms with Gasteiger partial charge in [0.25, 0.3) is 0 Å². The second-order valence-corrected chi connectivity index (χ2v) is 7.79. The molecule has 2 fully saturated rings. The molecule has 0 N–H and O–H groups in total. The van der Waals surface area contributed by atoms with Gasteiger partial charge in [-0.25, -0.2) is 4.39 Å². The number of piperazine rings is 1. The van der Waals surface area contributed by atoms with Crippen LogP contribution in [-0.2, 0) is 11.2 Å². The van der Waals surface area contributed by atoms with Crippen LogP contribution in [0, 0.1) is 5.82 Å². The molecule has 1 aliphatic heterocycles. The van der Waals surface area contributed by atoms with Crippen molar-refractivity contribution >= 4 is 23.3 Å². The molecule has 0 unspecified atom stereocenters. The van der Waals surface area contributed by atoms with Crippen LogP contribution >= 0.6 is 11.6 Å². The molecule has 2 heterocycles. The van der Waals surface area contributed by atoms with Crippen LogP contribution in [0.25, 0.3) is 0 Å². The van der Waals surface area contributed by atoms with Gasteiger partial charge in [0.2, 0.25) is 5.91 Å². The Morgan fingerprint density at radius 3 is 2.67 bits per heavy atom. The maximum Gasteiger partial charge on any atom is 0.227 e. The minimum atomic E-state index is -0.178. The summed E-state index contributed by atoms with van der Waals surface area (Å²) < 4.78 is 14.2. The van der Waals surface area contributed by atoms with E-state index in [1.54, 1.807) is 6.07 Å². The van der Waals surface area contributed by atoms with Crippen molar-refractivity contribution in [1.29, 1.82) is 0 Å². The number of halogens is 2. The monoisotopic (exact) mass is 388 g/mol. The molecule has 0 bridgehead atoms. The SMILES string of the molecule is C[C@H]1CN(C(=O)Cc2ccc(C3CC3)c(F)c2)CCN1c1ccc(Cl)nn1. The Labute approximate surface area is 163 Å². The number of carbonyl (C=O) groups excluding carboxylic acids is 1. The van der Waals surface area contributed by atoms with Gasteiger partial charge in [-0.1, -0.05) is 23.7 Å². The van der Waals surface area contributed by atoms with Crippen LogP contribution in [0.1, 0.15) is 36.8 Å². The average Bonchev–Trinajstić information content (AvgIpc) is 3.47. The van der Waals surface area contributed by atoms with Crippen molar-refractivity contribution in [1.82, 2.24) is 15.1 Å². The summed E-state index contributed by atoms with van der Waals surface area (Å²) >= 11 is 5.80. The number of hydrogen-bond donors (Lipinski definition) is 0. The first-order chi connectivity index (χ1) is 13.0. The zero-order valence-corrected chi connectivity index (χ0v) is 16.0. The largest absolute Gasteiger partial charge is 0.349 e.